The lowest BCUT2D eigenvalue weighted by Crippen LogP contribution is -2.47. The third-order valence-electron chi connectivity index (χ3n) is 7.08. The summed E-state index contributed by atoms with van der Waals surface area (Å²) in [6.07, 6.45) is 5.24. The fraction of sp³-hybridized carbons (Fsp3) is 0.367. The monoisotopic (exact) mass is 548 g/mol. The van der Waals surface area contributed by atoms with Crippen molar-refractivity contribution in [2.24, 2.45) is 0 Å². The number of amides is 2. The number of esters is 1. The van der Waals surface area contributed by atoms with Crippen LogP contribution in [-0.2, 0) is 20.7 Å². The Morgan fingerprint density at radius 2 is 1.74 bits per heavy atom. The minimum Gasteiger partial charge on any atom is -0.486 e. The Hall–Kier alpha value is -3.85. The van der Waals surface area contributed by atoms with Gasteiger partial charge in [-0.2, -0.15) is 0 Å². The number of thiophene rings is 1. The van der Waals surface area contributed by atoms with Crippen molar-refractivity contribution in [1.82, 2.24) is 5.32 Å². The van der Waals surface area contributed by atoms with E-state index in [4.69, 9.17) is 14.2 Å². The van der Waals surface area contributed by atoms with Gasteiger partial charge >= 0.3 is 5.97 Å². The van der Waals surface area contributed by atoms with E-state index < -0.39 is 12.0 Å². The molecule has 0 unspecified atom stereocenters. The van der Waals surface area contributed by atoms with Gasteiger partial charge in [-0.05, 0) is 54.1 Å². The summed E-state index contributed by atoms with van der Waals surface area (Å²) in [7, 11) is 1.32. The number of benzene rings is 2. The molecule has 204 valence electrons. The summed E-state index contributed by atoms with van der Waals surface area (Å²) in [5.41, 5.74) is 1.48. The zero-order valence-corrected chi connectivity index (χ0v) is 22.7. The lowest BCUT2D eigenvalue weighted by molar-refractivity contribution is -0.127. The van der Waals surface area contributed by atoms with E-state index in [1.807, 2.05) is 17.5 Å². The van der Waals surface area contributed by atoms with Crippen LogP contribution in [0.1, 0.15) is 58.9 Å². The number of hydrogen-bond donors (Lipinski definition) is 1. The van der Waals surface area contributed by atoms with Crippen molar-refractivity contribution in [3.05, 3.63) is 76.0 Å². The molecule has 1 aliphatic heterocycles. The van der Waals surface area contributed by atoms with E-state index in [9.17, 15) is 14.4 Å². The maximum absolute atomic E-state index is 14.0. The highest BCUT2D eigenvalue weighted by molar-refractivity contribution is 7.10. The molecular weight excluding hydrogens is 516 g/mol. The molecule has 9 heteroatoms. The number of carbonyl (C=O) groups excluding carboxylic acids is 3. The van der Waals surface area contributed by atoms with Crippen LogP contribution in [0.5, 0.6) is 11.5 Å². The van der Waals surface area contributed by atoms with Gasteiger partial charge in [0.15, 0.2) is 11.5 Å². The Morgan fingerprint density at radius 3 is 2.44 bits per heavy atom. The lowest BCUT2D eigenvalue weighted by Gasteiger charge is -2.34. The van der Waals surface area contributed by atoms with Gasteiger partial charge in [-0.15, -0.1) is 11.3 Å². The zero-order chi connectivity index (χ0) is 27.2. The van der Waals surface area contributed by atoms with Crippen molar-refractivity contribution in [2.75, 3.05) is 25.2 Å². The lowest BCUT2D eigenvalue weighted by atomic mass is 9.94. The van der Waals surface area contributed by atoms with E-state index in [0.717, 1.165) is 37.0 Å². The molecule has 2 amide bonds. The maximum atomic E-state index is 14.0. The maximum Gasteiger partial charge on any atom is 0.337 e. The summed E-state index contributed by atoms with van der Waals surface area (Å²) in [6.45, 7) is 0.854. The summed E-state index contributed by atoms with van der Waals surface area (Å²) in [6, 6.07) is 14.9. The number of carbonyl (C=O) groups is 3. The second-order valence-electron chi connectivity index (χ2n) is 9.71. The number of rotatable bonds is 8. The fourth-order valence-electron chi connectivity index (χ4n) is 5.13. The van der Waals surface area contributed by atoms with Gasteiger partial charge in [-0.25, -0.2) is 4.79 Å². The second kappa shape index (κ2) is 12.3. The van der Waals surface area contributed by atoms with Crippen LogP contribution in [0.2, 0.25) is 0 Å². The van der Waals surface area contributed by atoms with Crippen molar-refractivity contribution in [1.29, 1.82) is 0 Å². The molecule has 0 spiro atoms. The summed E-state index contributed by atoms with van der Waals surface area (Å²) in [4.78, 5) is 42.6. The van der Waals surface area contributed by atoms with E-state index in [0.29, 0.717) is 41.5 Å². The average Bonchev–Trinajstić information content (AvgIpc) is 3.48. The smallest absolute Gasteiger partial charge is 0.337 e. The molecule has 1 fully saturated rings. The number of fused-ring (bicyclic) bond motifs is 1. The number of ether oxygens (including phenoxy) is 3. The quantitative estimate of drug-likeness (QED) is 0.395. The van der Waals surface area contributed by atoms with Gasteiger partial charge in [0.2, 0.25) is 11.8 Å². The molecule has 1 aliphatic carbocycles. The van der Waals surface area contributed by atoms with Crippen LogP contribution < -0.4 is 19.7 Å². The molecule has 1 N–H and O–H groups in total. The average molecular weight is 549 g/mol. The standard InChI is InChI=1S/C30H32N2O6S/c1-36-30(35)21-11-9-20(10-12-21)28(29(34)31-22-6-3-2-4-7-22)32(27(33)19-24-8-5-17-39-24)23-13-14-25-26(18-23)38-16-15-37-25/h5,8-14,17-18,22,28H,2-4,6-7,15-16,19H2,1H3,(H,31,34)/t28-/m1/s1. The first-order valence-corrected chi connectivity index (χ1v) is 14.1. The third-order valence-corrected chi connectivity index (χ3v) is 7.96. The van der Waals surface area contributed by atoms with Crippen LogP contribution in [0.3, 0.4) is 0 Å². The van der Waals surface area contributed by atoms with Crippen LogP contribution >= 0.6 is 11.3 Å². The van der Waals surface area contributed by atoms with Gasteiger partial charge in [-0.3, -0.25) is 14.5 Å². The normalized spacial score (nSPS) is 15.7. The zero-order valence-electron chi connectivity index (χ0n) is 21.9. The van der Waals surface area contributed by atoms with Crippen molar-refractivity contribution in [3.63, 3.8) is 0 Å². The molecule has 0 bridgehead atoms. The molecule has 1 atom stereocenters. The predicted molar refractivity (Wildman–Crippen MR) is 148 cm³/mol. The molecule has 1 saturated carbocycles. The molecule has 39 heavy (non-hydrogen) atoms. The van der Waals surface area contributed by atoms with Crippen LogP contribution in [0.4, 0.5) is 5.69 Å². The first-order valence-electron chi connectivity index (χ1n) is 13.3. The Labute approximate surface area is 231 Å². The van der Waals surface area contributed by atoms with Gasteiger partial charge in [0.1, 0.15) is 19.3 Å². The molecular formula is C30H32N2O6S. The minimum absolute atomic E-state index is 0.0533. The SMILES string of the molecule is COC(=O)c1ccc([C@H](C(=O)NC2CCCCC2)N(C(=O)Cc2cccs2)c2ccc3c(c2)OCCO3)cc1. The second-order valence-corrected chi connectivity index (χ2v) is 10.7. The molecule has 2 heterocycles. The number of anilines is 1. The first kappa shape index (κ1) is 26.7. The Kier molecular flexibility index (Phi) is 8.46. The topological polar surface area (TPSA) is 94.2 Å². The number of hydrogen-bond acceptors (Lipinski definition) is 7. The fourth-order valence-corrected chi connectivity index (χ4v) is 5.83. The number of methoxy groups -OCH3 is 1. The molecule has 1 aromatic heterocycles. The van der Waals surface area contributed by atoms with Crippen molar-refractivity contribution in [3.8, 4) is 11.5 Å². The van der Waals surface area contributed by atoms with Gasteiger partial charge in [0.05, 0.1) is 19.1 Å². The molecule has 0 saturated heterocycles. The third kappa shape index (κ3) is 6.25. The summed E-state index contributed by atoms with van der Waals surface area (Å²) >= 11 is 1.49. The Balaban J connectivity index is 1.57. The molecule has 3 aromatic rings. The molecule has 2 aromatic carbocycles. The molecule has 2 aliphatic rings. The highest BCUT2D eigenvalue weighted by Gasteiger charge is 2.35. The molecule has 5 rings (SSSR count). The molecule has 8 nitrogen and oxygen atoms in total. The highest BCUT2D eigenvalue weighted by atomic mass is 32.1. The van der Waals surface area contributed by atoms with Gasteiger partial charge in [-0.1, -0.05) is 37.5 Å². The summed E-state index contributed by atoms with van der Waals surface area (Å²) in [5.74, 6) is 0.167. The summed E-state index contributed by atoms with van der Waals surface area (Å²) in [5, 5.41) is 5.14. The van der Waals surface area contributed by atoms with E-state index in [2.05, 4.69) is 5.32 Å². The molecule has 0 radical (unpaired) electrons. The van der Waals surface area contributed by atoms with E-state index in [1.165, 1.54) is 18.4 Å². The van der Waals surface area contributed by atoms with Crippen LogP contribution in [-0.4, -0.2) is 44.1 Å². The van der Waals surface area contributed by atoms with Gasteiger partial charge in [0, 0.05) is 22.7 Å². The van der Waals surface area contributed by atoms with E-state index >= 15 is 0 Å². The Bertz CT molecular complexity index is 1300. The first-order chi connectivity index (χ1) is 19.0. The van der Waals surface area contributed by atoms with Crippen LogP contribution in [0, 0.1) is 0 Å². The van der Waals surface area contributed by atoms with Gasteiger partial charge < -0.3 is 19.5 Å². The highest BCUT2D eigenvalue weighted by Crippen LogP contribution is 2.38. The summed E-state index contributed by atoms with van der Waals surface area (Å²) < 4.78 is 16.3. The van der Waals surface area contributed by atoms with Crippen molar-refractivity contribution >= 4 is 34.8 Å². The number of nitrogens with one attached hydrogen (secondary N) is 1. The van der Waals surface area contributed by atoms with Crippen molar-refractivity contribution < 1.29 is 28.6 Å². The van der Waals surface area contributed by atoms with Crippen LogP contribution in [0.15, 0.2) is 60.0 Å². The van der Waals surface area contributed by atoms with E-state index in [-0.39, 0.29) is 24.3 Å². The van der Waals surface area contributed by atoms with E-state index in [1.54, 1.807) is 47.4 Å². The minimum atomic E-state index is -0.964. The van der Waals surface area contributed by atoms with Crippen molar-refractivity contribution in [2.45, 2.75) is 50.6 Å². The Morgan fingerprint density at radius 1 is 1.00 bits per heavy atom. The van der Waals surface area contributed by atoms with Crippen LogP contribution in [0.25, 0.3) is 0 Å². The largest absolute Gasteiger partial charge is 0.486 e. The predicted octanol–water partition coefficient (Wildman–Crippen LogP) is 5.07. The number of nitrogens with zero attached hydrogens (tertiary/aromatic N) is 1. The van der Waals surface area contributed by atoms with Gasteiger partial charge in [0.25, 0.3) is 0 Å².